The molecule has 148 valence electrons. The van der Waals surface area contributed by atoms with Gasteiger partial charge in [-0.25, -0.2) is 4.79 Å². The molecule has 8 nitrogen and oxygen atoms in total. The molecule has 2 unspecified atom stereocenters. The zero-order valence-electron chi connectivity index (χ0n) is 15.8. The summed E-state index contributed by atoms with van der Waals surface area (Å²) in [6.07, 6.45) is -0.902. The second-order valence-corrected chi connectivity index (χ2v) is 7.77. The van der Waals surface area contributed by atoms with Crippen LogP contribution in [0.25, 0.3) is 0 Å². The number of benzene rings is 1. The van der Waals surface area contributed by atoms with E-state index >= 15 is 0 Å². The van der Waals surface area contributed by atoms with E-state index in [0.717, 1.165) is 5.56 Å². The van der Waals surface area contributed by atoms with Crippen LogP contribution in [0.15, 0.2) is 29.2 Å². The van der Waals surface area contributed by atoms with E-state index in [4.69, 9.17) is 15.0 Å². The van der Waals surface area contributed by atoms with Gasteiger partial charge in [0.15, 0.2) is 6.10 Å². The molecule has 1 rings (SSSR count). The van der Waals surface area contributed by atoms with Gasteiger partial charge in [-0.1, -0.05) is 17.7 Å². The van der Waals surface area contributed by atoms with E-state index in [1.807, 2.05) is 6.92 Å². The van der Waals surface area contributed by atoms with E-state index in [9.17, 15) is 18.0 Å². The highest BCUT2D eigenvalue weighted by Gasteiger charge is 2.30. The molecule has 0 saturated carbocycles. The van der Waals surface area contributed by atoms with Crippen molar-refractivity contribution >= 4 is 22.1 Å². The van der Waals surface area contributed by atoms with Crippen LogP contribution in [0.2, 0.25) is 0 Å². The van der Waals surface area contributed by atoms with Crippen LogP contribution in [-0.4, -0.2) is 42.7 Å². The first-order valence-corrected chi connectivity index (χ1v) is 9.30. The van der Waals surface area contributed by atoms with Crippen LogP contribution in [0.3, 0.4) is 0 Å². The maximum atomic E-state index is 11.4. The molecule has 0 amide bonds. The van der Waals surface area contributed by atoms with E-state index in [2.05, 4.69) is 4.74 Å². The summed E-state index contributed by atoms with van der Waals surface area (Å²) < 4.78 is 39.4. The number of esters is 2. The fourth-order valence-electron chi connectivity index (χ4n) is 1.44. The second-order valence-electron chi connectivity index (χ2n) is 6.35. The van der Waals surface area contributed by atoms with Gasteiger partial charge in [0, 0.05) is 13.0 Å². The molecule has 9 heteroatoms. The molecule has 0 aliphatic rings. The van der Waals surface area contributed by atoms with Crippen LogP contribution >= 0.6 is 0 Å². The van der Waals surface area contributed by atoms with Gasteiger partial charge in [-0.15, -0.1) is 0 Å². The van der Waals surface area contributed by atoms with Gasteiger partial charge in [0.25, 0.3) is 10.1 Å². The Hall–Kier alpha value is -1.97. The van der Waals surface area contributed by atoms with Crippen LogP contribution in [0.5, 0.6) is 0 Å². The largest absolute Gasteiger partial charge is 0.455 e. The number of carbonyl (C=O) groups is 2. The highest BCUT2D eigenvalue weighted by atomic mass is 32.2. The zero-order valence-corrected chi connectivity index (χ0v) is 16.7. The second kappa shape index (κ2) is 9.65. The van der Waals surface area contributed by atoms with E-state index in [1.165, 1.54) is 26.0 Å². The molecule has 0 saturated heterocycles. The van der Waals surface area contributed by atoms with Gasteiger partial charge in [-0.05, 0) is 46.8 Å². The third kappa shape index (κ3) is 8.93. The van der Waals surface area contributed by atoms with Crippen molar-refractivity contribution < 1.29 is 32.0 Å². The van der Waals surface area contributed by atoms with Gasteiger partial charge >= 0.3 is 11.9 Å². The summed E-state index contributed by atoms with van der Waals surface area (Å²) in [4.78, 5) is 22.0. The fraction of sp³-hybridized carbons (Fsp3) is 0.529. The average molecular weight is 389 g/mol. The van der Waals surface area contributed by atoms with E-state index in [-0.39, 0.29) is 10.9 Å². The first kappa shape index (κ1) is 24.0. The normalized spacial score (nSPS) is 13.7. The highest BCUT2D eigenvalue weighted by Crippen LogP contribution is 2.14. The molecular formula is C17H27NO7S. The van der Waals surface area contributed by atoms with Crippen LogP contribution in [0, 0.1) is 6.92 Å². The lowest BCUT2D eigenvalue weighted by atomic mass is 10.0. The Morgan fingerprint density at radius 3 is 1.96 bits per heavy atom. The number of nitrogens with two attached hydrogens (primary N) is 1. The lowest BCUT2D eigenvalue weighted by Gasteiger charge is -2.29. The van der Waals surface area contributed by atoms with Crippen molar-refractivity contribution in [2.75, 3.05) is 0 Å². The molecule has 0 heterocycles. The van der Waals surface area contributed by atoms with Gasteiger partial charge in [0.1, 0.15) is 5.60 Å². The predicted octanol–water partition coefficient (Wildman–Crippen LogP) is 1.85. The molecule has 0 aliphatic carbocycles. The topological polar surface area (TPSA) is 133 Å². The quantitative estimate of drug-likeness (QED) is 0.576. The molecular weight excluding hydrogens is 362 g/mol. The molecule has 2 atom stereocenters. The van der Waals surface area contributed by atoms with E-state index in [1.54, 1.807) is 32.9 Å². The fourth-order valence-corrected chi connectivity index (χ4v) is 1.92. The molecule has 0 aliphatic heterocycles. The molecule has 0 bridgehead atoms. The van der Waals surface area contributed by atoms with E-state index < -0.39 is 33.8 Å². The minimum Gasteiger partial charge on any atom is -0.455 e. The SMILES string of the molecule is CC(=O)OC(C)C(=O)OC(C)(C)C(C)N.Cc1ccc(S(=O)(=O)O)cc1. The summed E-state index contributed by atoms with van der Waals surface area (Å²) in [6.45, 7) is 9.69. The Balaban J connectivity index is 0.000000502. The Morgan fingerprint density at radius 1 is 1.15 bits per heavy atom. The summed E-state index contributed by atoms with van der Waals surface area (Å²) in [5.41, 5.74) is 5.82. The smallest absolute Gasteiger partial charge is 0.347 e. The van der Waals surface area contributed by atoms with Crippen LogP contribution in [-0.2, 0) is 29.2 Å². The number of rotatable bonds is 5. The Labute approximate surface area is 154 Å². The van der Waals surface area contributed by atoms with Gasteiger partial charge in [-0.2, -0.15) is 8.42 Å². The van der Waals surface area contributed by atoms with Crippen molar-refractivity contribution in [3.8, 4) is 0 Å². The Morgan fingerprint density at radius 2 is 1.62 bits per heavy atom. The van der Waals surface area contributed by atoms with Crippen molar-refractivity contribution in [1.29, 1.82) is 0 Å². The van der Waals surface area contributed by atoms with Gasteiger partial charge < -0.3 is 15.2 Å². The summed E-state index contributed by atoms with van der Waals surface area (Å²) in [5, 5.41) is 0. The average Bonchev–Trinajstić information content (AvgIpc) is 2.46. The van der Waals surface area contributed by atoms with Crippen LogP contribution in [0.1, 0.15) is 40.2 Å². The van der Waals surface area contributed by atoms with Crippen molar-refractivity contribution in [3.05, 3.63) is 29.8 Å². The third-order valence-corrected chi connectivity index (χ3v) is 4.32. The zero-order chi connectivity index (χ0) is 20.7. The minimum atomic E-state index is -4.02. The van der Waals surface area contributed by atoms with Crippen molar-refractivity contribution in [3.63, 3.8) is 0 Å². The van der Waals surface area contributed by atoms with Crippen LogP contribution < -0.4 is 5.73 Å². The summed E-state index contributed by atoms with van der Waals surface area (Å²) in [5.74, 6) is -1.11. The van der Waals surface area contributed by atoms with Crippen LogP contribution in [0.4, 0.5) is 0 Å². The monoisotopic (exact) mass is 389 g/mol. The molecule has 0 fully saturated rings. The Kier molecular flexibility index (Phi) is 8.92. The number of ether oxygens (including phenoxy) is 2. The lowest BCUT2D eigenvalue weighted by Crippen LogP contribution is -2.46. The van der Waals surface area contributed by atoms with Crippen molar-refractivity contribution in [2.24, 2.45) is 5.73 Å². The summed E-state index contributed by atoms with van der Waals surface area (Å²) >= 11 is 0. The molecule has 3 N–H and O–H groups in total. The summed E-state index contributed by atoms with van der Waals surface area (Å²) in [6, 6.07) is 5.69. The minimum absolute atomic E-state index is 0.0666. The van der Waals surface area contributed by atoms with Crippen molar-refractivity contribution in [1.82, 2.24) is 0 Å². The molecule has 0 radical (unpaired) electrons. The molecule has 26 heavy (non-hydrogen) atoms. The molecule has 0 spiro atoms. The van der Waals surface area contributed by atoms with Gasteiger partial charge in [-0.3, -0.25) is 9.35 Å². The number of hydrogen-bond donors (Lipinski definition) is 2. The lowest BCUT2D eigenvalue weighted by molar-refractivity contribution is -0.175. The van der Waals surface area contributed by atoms with Gasteiger partial charge in [0.2, 0.25) is 0 Å². The maximum Gasteiger partial charge on any atom is 0.347 e. The Bertz CT molecular complexity index is 709. The first-order valence-electron chi connectivity index (χ1n) is 7.86. The van der Waals surface area contributed by atoms with Crippen molar-refractivity contribution in [2.45, 2.75) is 64.2 Å². The maximum absolute atomic E-state index is 11.4. The molecule has 1 aromatic carbocycles. The summed E-state index contributed by atoms with van der Waals surface area (Å²) in [7, 11) is -4.02. The molecule has 1 aromatic rings. The molecule has 0 aromatic heterocycles. The number of aryl methyl sites for hydroxylation is 1. The van der Waals surface area contributed by atoms with E-state index in [0.29, 0.717) is 0 Å². The first-order chi connectivity index (χ1) is 11.7. The standard InChI is InChI=1S/C10H19NO4.C7H8O3S/c1-6(14-8(3)12)9(13)15-10(4,5)7(2)11;1-6-2-4-7(5-3-6)11(8,9)10/h6-7H,11H2,1-5H3;2-5H,1H3,(H,8,9,10). The predicted molar refractivity (Wildman–Crippen MR) is 96.0 cm³/mol. The number of hydrogen-bond acceptors (Lipinski definition) is 7. The highest BCUT2D eigenvalue weighted by molar-refractivity contribution is 7.85. The van der Waals surface area contributed by atoms with Gasteiger partial charge in [0.05, 0.1) is 4.90 Å². The third-order valence-electron chi connectivity index (χ3n) is 3.45. The number of carbonyl (C=O) groups excluding carboxylic acids is 2.